The number of nitrogens with zero attached hydrogens (tertiary/aromatic N) is 1. The third-order valence-corrected chi connectivity index (χ3v) is 4.61. The molecule has 0 aromatic heterocycles. The fraction of sp³-hybridized carbons (Fsp3) is 0.529. The number of hydrogen-bond acceptors (Lipinski definition) is 3. The first-order chi connectivity index (χ1) is 10.8. The molecule has 0 aliphatic carbocycles. The van der Waals surface area contributed by atoms with Gasteiger partial charge in [-0.05, 0) is 43.5 Å². The molecular weight excluding hydrogens is 301 g/mol. The molecule has 0 unspecified atom stereocenters. The van der Waals surface area contributed by atoms with Crippen molar-refractivity contribution >= 4 is 11.9 Å². The van der Waals surface area contributed by atoms with E-state index < -0.39 is 23.3 Å². The Bertz CT molecular complexity index is 619. The minimum absolute atomic E-state index is 0.0347. The lowest BCUT2D eigenvalue weighted by Crippen LogP contribution is -2.57. The molecule has 0 spiro atoms. The lowest BCUT2D eigenvalue weighted by atomic mass is 9.74. The van der Waals surface area contributed by atoms with Gasteiger partial charge in [-0.25, -0.2) is 4.39 Å². The monoisotopic (exact) mass is 323 g/mol. The smallest absolute Gasteiger partial charge is 0.314 e. The zero-order valence-corrected chi connectivity index (χ0v) is 13.4. The summed E-state index contributed by atoms with van der Waals surface area (Å²) < 4.78 is 13.2. The number of carboxylic acid groups (broad SMARTS) is 1. The van der Waals surface area contributed by atoms with Crippen molar-refractivity contribution in [3.63, 3.8) is 0 Å². The van der Waals surface area contributed by atoms with Crippen molar-refractivity contribution in [2.24, 2.45) is 5.41 Å². The van der Waals surface area contributed by atoms with Crippen molar-refractivity contribution in [1.29, 1.82) is 0 Å². The molecule has 1 saturated heterocycles. The van der Waals surface area contributed by atoms with Gasteiger partial charge in [-0.2, -0.15) is 0 Å². The lowest BCUT2D eigenvalue weighted by Gasteiger charge is -2.43. The number of hydrogen-bond donors (Lipinski definition) is 2. The summed E-state index contributed by atoms with van der Waals surface area (Å²) >= 11 is 0. The second kappa shape index (κ2) is 6.66. The molecule has 1 fully saturated rings. The first-order valence-electron chi connectivity index (χ1n) is 7.78. The molecule has 1 aliphatic heterocycles. The Hall–Kier alpha value is -1.95. The number of amides is 1. The summed E-state index contributed by atoms with van der Waals surface area (Å²) in [5.41, 5.74) is -0.465. The molecule has 126 valence electrons. The summed E-state index contributed by atoms with van der Waals surface area (Å²) in [7, 11) is 0. The predicted molar refractivity (Wildman–Crippen MR) is 82.6 cm³/mol. The Balaban J connectivity index is 2.30. The third-order valence-electron chi connectivity index (χ3n) is 4.61. The SMILES string of the molecule is CCC[C@@]1(C(=O)O)CN(C(=O)c2ccc(F)cc2C)CC[C@H]1O. The predicted octanol–water partition coefficient (Wildman–Crippen LogP) is 2.21. The van der Waals surface area contributed by atoms with Gasteiger partial charge in [-0.15, -0.1) is 0 Å². The van der Waals surface area contributed by atoms with E-state index in [0.29, 0.717) is 24.0 Å². The standard InChI is InChI=1S/C17H22FNO4/c1-3-7-17(16(22)23)10-19(8-6-14(17)20)15(21)13-5-4-12(18)9-11(13)2/h4-5,9,14,20H,3,6-8,10H2,1-2H3,(H,22,23)/t14-,17-/m1/s1. The highest BCUT2D eigenvalue weighted by Crippen LogP contribution is 2.36. The average molecular weight is 323 g/mol. The van der Waals surface area contributed by atoms with Crippen LogP contribution in [0.25, 0.3) is 0 Å². The summed E-state index contributed by atoms with van der Waals surface area (Å²) in [4.78, 5) is 25.9. The van der Waals surface area contributed by atoms with Crippen LogP contribution in [0, 0.1) is 18.2 Å². The zero-order valence-electron chi connectivity index (χ0n) is 13.4. The van der Waals surface area contributed by atoms with Gasteiger partial charge in [0.1, 0.15) is 11.2 Å². The number of rotatable bonds is 4. The van der Waals surface area contributed by atoms with Gasteiger partial charge in [0.2, 0.25) is 0 Å². The number of likely N-dealkylation sites (tertiary alicyclic amines) is 1. The van der Waals surface area contributed by atoms with E-state index >= 15 is 0 Å². The van der Waals surface area contributed by atoms with Crippen LogP contribution >= 0.6 is 0 Å². The van der Waals surface area contributed by atoms with Gasteiger partial charge in [-0.1, -0.05) is 13.3 Å². The maximum atomic E-state index is 13.2. The quantitative estimate of drug-likeness (QED) is 0.890. The third kappa shape index (κ3) is 3.22. The highest BCUT2D eigenvalue weighted by molar-refractivity contribution is 5.96. The van der Waals surface area contributed by atoms with Crippen molar-refractivity contribution in [3.8, 4) is 0 Å². The fourth-order valence-electron chi connectivity index (χ4n) is 3.30. The van der Waals surface area contributed by atoms with Crippen molar-refractivity contribution in [1.82, 2.24) is 4.90 Å². The number of halogens is 1. The first-order valence-corrected chi connectivity index (χ1v) is 7.78. The van der Waals surface area contributed by atoms with Crippen molar-refractivity contribution in [3.05, 3.63) is 35.1 Å². The molecule has 2 N–H and O–H groups in total. The Kier molecular flexibility index (Phi) is 5.04. The summed E-state index contributed by atoms with van der Waals surface area (Å²) in [6.45, 7) is 3.75. The number of carbonyl (C=O) groups excluding carboxylic acids is 1. The summed E-state index contributed by atoms with van der Waals surface area (Å²) in [6, 6.07) is 3.92. The van der Waals surface area contributed by atoms with E-state index in [1.807, 2.05) is 6.92 Å². The molecule has 2 rings (SSSR count). The first kappa shape index (κ1) is 17.4. The minimum atomic E-state index is -1.34. The fourth-order valence-corrected chi connectivity index (χ4v) is 3.30. The van der Waals surface area contributed by atoms with Gasteiger partial charge in [0.15, 0.2) is 0 Å². The molecule has 23 heavy (non-hydrogen) atoms. The summed E-state index contributed by atoms with van der Waals surface area (Å²) in [5.74, 6) is -1.82. The molecule has 2 atom stereocenters. The van der Waals surface area contributed by atoms with E-state index in [-0.39, 0.29) is 25.4 Å². The Morgan fingerprint density at radius 1 is 1.43 bits per heavy atom. The zero-order chi connectivity index (χ0) is 17.2. The highest BCUT2D eigenvalue weighted by atomic mass is 19.1. The number of aliphatic hydroxyl groups excluding tert-OH is 1. The molecule has 6 heteroatoms. The Labute approximate surface area is 134 Å². The van der Waals surface area contributed by atoms with E-state index in [1.54, 1.807) is 6.92 Å². The van der Waals surface area contributed by atoms with Gasteiger partial charge < -0.3 is 15.1 Å². The number of aliphatic carboxylic acids is 1. The second-order valence-electron chi connectivity index (χ2n) is 6.20. The van der Waals surface area contributed by atoms with E-state index in [4.69, 9.17) is 0 Å². The maximum absolute atomic E-state index is 13.2. The molecule has 1 aliphatic rings. The number of benzene rings is 1. The topological polar surface area (TPSA) is 77.8 Å². The van der Waals surface area contributed by atoms with Crippen molar-refractivity contribution in [2.75, 3.05) is 13.1 Å². The highest BCUT2D eigenvalue weighted by Gasteiger charge is 2.49. The van der Waals surface area contributed by atoms with Crippen LogP contribution in [0.1, 0.15) is 42.1 Å². The molecule has 1 aromatic carbocycles. The van der Waals surface area contributed by atoms with Gasteiger partial charge in [0.05, 0.1) is 6.10 Å². The van der Waals surface area contributed by atoms with Crippen LogP contribution in [0.15, 0.2) is 18.2 Å². The van der Waals surface area contributed by atoms with Crippen LogP contribution in [0.2, 0.25) is 0 Å². The van der Waals surface area contributed by atoms with Crippen LogP contribution in [0.3, 0.4) is 0 Å². The second-order valence-corrected chi connectivity index (χ2v) is 6.20. The molecule has 1 aromatic rings. The van der Waals surface area contributed by atoms with Crippen LogP contribution in [0.5, 0.6) is 0 Å². The van der Waals surface area contributed by atoms with Gasteiger partial charge in [-0.3, -0.25) is 9.59 Å². The number of piperidine rings is 1. The molecule has 0 saturated carbocycles. The van der Waals surface area contributed by atoms with Gasteiger partial charge in [0, 0.05) is 18.7 Å². The molecule has 0 radical (unpaired) electrons. The number of aliphatic hydroxyl groups is 1. The molecule has 1 heterocycles. The van der Waals surface area contributed by atoms with Gasteiger partial charge in [0.25, 0.3) is 5.91 Å². The molecule has 5 nitrogen and oxygen atoms in total. The van der Waals surface area contributed by atoms with E-state index in [0.717, 1.165) is 0 Å². The molecule has 0 bridgehead atoms. The summed E-state index contributed by atoms with van der Waals surface area (Å²) in [5, 5.41) is 19.8. The molecular formula is C17H22FNO4. The van der Waals surface area contributed by atoms with Crippen LogP contribution in [0.4, 0.5) is 4.39 Å². The number of carboxylic acids is 1. The Morgan fingerprint density at radius 3 is 2.70 bits per heavy atom. The maximum Gasteiger partial charge on any atom is 0.314 e. The van der Waals surface area contributed by atoms with Crippen molar-refractivity contribution < 1.29 is 24.2 Å². The normalized spacial score (nSPS) is 24.5. The minimum Gasteiger partial charge on any atom is -0.481 e. The molecule has 1 amide bonds. The van der Waals surface area contributed by atoms with Gasteiger partial charge >= 0.3 is 5.97 Å². The van der Waals surface area contributed by atoms with E-state index in [2.05, 4.69) is 0 Å². The lowest BCUT2D eigenvalue weighted by molar-refractivity contribution is -0.162. The van der Waals surface area contributed by atoms with E-state index in [1.165, 1.54) is 23.1 Å². The Morgan fingerprint density at radius 2 is 2.13 bits per heavy atom. The average Bonchev–Trinajstić information content (AvgIpc) is 2.49. The van der Waals surface area contributed by atoms with Crippen molar-refractivity contribution in [2.45, 2.75) is 39.2 Å². The number of aryl methyl sites for hydroxylation is 1. The largest absolute Gasteiger partial charge is 0.481 e. The van der Waals surface area contributed by atoms with Crippen LogP contribution in [-0.4, -0.2) is 46.2 Å². The van der Waals surface area contributed by atoms with Crippen LogP contribution < -0.4 is 0 Å². The summed E-state index contributed by atoms with van der Waals surface area (Å²) in [6.07, 6.45) is 0.146. The van der Waals surface area contributed by atoms with Crippen LogP contribution in [-0.2, 0) is 4.79 Å². The van der Waals surface area contributed by atoms with E-state index in [9.17, 15) is 24.2 Å². The number of carbonyl (C=O) groups is 2.